The van der Waals surface area contributed by atoms with Crippen molar-refractivity contribution in [2.24, 2.45) is 0 Å². The summed E-state index contributed by atoms with van der Waals surface area (Å²) in [6.07, 6.45) is 4.09. The van der Waals surface area contributed by atoms with E-state index < -0.39 is 5.91 Å². The molecule has 2 rings (SSSR count). The molecule has 0 saturated carbocycles. The first-order chi connectivity index (χ1) is 8.58. The number of carbonyl (C=O) groups is 1. The zero-order valence-electron chi connectivity index (χ0n) is 9.71. The molecule has 6 nitrogen and oxygen atoms in total. The summed E-state index contributed by atoms with van der Waals surface area (Å²) in [6.45, 7) is 1.78. The molecule has 0 aliphatic rings. The molecule has 0 aliphatic carbocycles. The first-order valence-corrected chi connectivity index (χ1v) is 5.24. The van der Waals surface area contributed by atoms with Crippen LogP contribution in [-0.2, 0) is 0 Å². The normalized spacial score (nSPS) is 10.1. The number of hydrogen-bond acceptors (Lipinski definition) is 5. The van der Waals surface area contributed by atoms with Crippen LogP contribution in [0.1, 0.15) is 15.9 Å². The zero-order valence-corrected chi connectivity index (χ0v) is 9.71. The van der Waals surface area contributed by atoms with Gasteiger partial charge in [0.05, 0.1) is 23.6 Å². The molecule has 18 heavy (non-hydrogen) atoms. The van der Waals surface area contributed by atoms with Crippen LogP contribution in [0.15, 0.2) is 30.7 Å². The number of nitrogens with two attached hydrogens (primary N) is 1. The van der Waals surface area contributed by atoms with Crippen molar-refractivity contribution in [1.82, 2.24) is 9.97 Å². The molecule has 2 aromatic heterocycles. The number of carbonyl (C=O) groups excluding carboxylic acids is 1. The van der Waals surface area contributed by atoms with Crippen molar-refractivity contribution in [2.75, 3.05) is 11.1 Å². The fourth-order valence-electron chi connectivity index (χ4n) is 1.48. The third kappa shape index (κ3) is 2.37. The minimum atomic E-state index is -0.449. The van der Waals surface area contributed by atoms with Crippen molar-refractivity contribution in [3.05, 3.63) is 41.9 Å². The van der Waals surface area contributed by atoms with E-state index in [-0.39, 0.29) is 11.3 Å². The number of nitrogen functional groups attached to an aromatic ring is 1. The van der Waals surface area contributed by atoms with Crippen LogP contribution in [0.3, 0.4) is 0 Å². The molecule has 0 unspecified atom stereocenters. The van der Waals surface area contributed by atoms with E-state index in [4.69, 9.17) is 5.73 Å². The molecule has 0 spiro atoms. The highest BCUT2D eigenvalue weighted by atomic mass is 16.3. The first kappa shape index (κ1) is 11.8. The Kier molecular flexibility index (Phi) is 3.09. The number of rotatable bonds is 2. The fourth-order valence-corrected chi connectivity index (χ4v) is 1.48. The van der Waals surface area contributed by atoms with Crippen molar-refractivity contribution in [1.29, 1.82) is 0 Å². The second kappa shape index (κ2) is 4.70. The van der Waals surface area contributed by atoms with E-state index in [1.165, 1.54) is 24.7 Å². The van der Waals surface area contributed by atoms with Crippen LogP contribution >= 0.6 is 0 Å². The van der Waals surface area contributed by atoms with Gasteiger partial charge in [-0.05, 0) is 24.6 Å². The Balaban J connectivity index is 2.24. The Labute approximate surface area is 104 Å². The zero-order chi connectivity index (χ0) is 13.1. The van der Waals surface area contributed by atoms with Crippen LogP contribution in [0.2, 0.25) is 0 Å². The largest absolute Gasteiger partial charge is 0.505 e. The SMILES string of the molecule is Cc1cc(N)cnc1NC(=O)c1ccncc1O. The van der Waals surface area contributed by atoms with Gasteiger partial charge in [0.2, 0.25) is 0 Å². The van der Waals surface area contributed by atoms with Crippen molar-refractivity contribution in [3.63, 3.8) is 0 Å². The molecule has 1 amide bonds. The molecule has 4 N–H and O–H groups in total. The third-order valence-electron chi connectivity index (χ3n) is 2.38. The maximum absolute atomic E-state index is 11.9. The minimum absolute atomic E-state index is 0.142. The van der Waals surface area contributed by atoms with Crippen molar-refractivity contribution in [3.8, 4) is 5.75 Å². The van der Waals surface area contributed by atoms with Crippen LogP contribution in [0.25, 0.3) is 0 Å². The average Bonchev–Trinajstić information content (AvgIpc) is 2.33. The summed E-state index contributed by atoms with van der Waals surface area (Å²) in [5, 5.41) is 12.1. The standard InChI is InChI=1S/C12H12N4O2/c1-7-4-8(13)5-15-11(7)16-12(18)9-2-3-14-6-10(9)17/h2-6,17H,13H2,1H3,(H,15,16,18). The number of nitrogens with zero attached hydrogens (tertiary/aromatic N) is 2. The molecule has 6 heteroatoms. The van der Waals surface area contributed by atoms with E-state index in [9.17, 15) is 9.90 Å². The number of aromatic hydroxyl groups is 1. The highest BCUT2D eigenvalue weighted by Crippen LogP contribution is 2.18. The number of anilines is 2. The highest BCUT2D eigenvalue weighted by molar-refractivity contribution is 6.05. The Morgan fingerprint density at radius 3 is 2.89 bits per heavy atom. The van der Waals surface area contributed by atoms with E-state index >= 15 is 0 Å². The molecule has 0 aromatic carbocycles. The summed E-state index contributed by atoms with van der Waals surface area (Å²) < 4.78 is 0. The van der Waals surface area contributed by atoms with Gasteiger partial charge in [0.25, 0.3) is 5.91 Å². The summed E-state index contributed by atoms with van der Waals surface area (Å²) >= 11 is 0. The monoisotopic (exact) mass is 244 g/mol. The first-order valence-electron chi connectivity index (χ1n) is 5.24. The van der Waals surface area contributed by atoms with Crippen LogP contribution in [0.5, 0.6) is 5.75 Å². The summed E-state index contributed by atoms with van der Waals surface area (Å²) in [5.74, 6) is -0.219. The van der Waals surface area contributed by atoms with Gasteiger partial charge in [-0.15, -0.1) is 0 Å². The molecular weight excluding hydrogens is 232 g/mol. The molecule has 0 radical (unpaired) electrons. The van der Waals surface area contributed by atoms with Gasteiger partial charge in [-0.2, -0.15) is 0 Å². The Morgan fingerprint density at radius 2 is 2.22 bits per heavy atom. The summed E-state index contributed by atoms with van der Waals surface area (Å²) in [4.78, 5) is 19.6. The van der Waals surface area contributed by atoms with E-state index in [2.05, 4.69) is 15.3 Å². The molecule has 0 fully saturated rings. The predicted molar refractivity (Wildman–Crippen MR) is 67.2 cm³/mol. The van der Waals surface area contributed by atoms with Gasteiger partial charge in [0, 0.05) is 6.20 Å². The highest BCUT2D eigenvalue weighted by Gasteiger charge is 2.12. The van der Waals surface area contributed by atoms with Gasteiger partial charge in [-0.3, -0.25) is 9.78 Å². The van der Waals surface area contributed by atoms with Gasteiger partial charge in [0.1, 0.15) is 11.6 Å². The predicted octanol–water partition coefficient (Wildman–Crippen LogP) is 1.33. The number of nitrogens with one attached hydrogen (secondary N) is 1. The lowest BCUT2D eigenvalue weighted by Crippen LogP contribution is -2.14. The number of pyridine rings is 2. The summed E-state index contributed by atoms with van der Waals surface area (Å²) in [7, 11) is 0. The maximum atomic E-state index is 11.9. The lowest BCUT2D eigenvalue weighted by molar-refractivity contribution is 0.102. The number of amides is 1. The molecule has 0 atom stereocenters. The lowest BCUT2D eigenvalue weighted by Gasteiger charge is -2.08. The van der Waals surface area contributed by atoms with Crippen LogP contribution in [0, 0.1) is 6.92 Å². The maximum Gasteiger partial charge on any atom is 0.260 e. The van der Waals surface area contributed by atoms with E-state index in [0.717, 1.165) is 5.56 Å². The van der Waals surface area contributed by atoms with Crippen molar-refractivity contribution < 1.29 is 9.90 Å². The smallest absolute Gasteiger partial charge is 0.260 e. The summed E-state index contributed by atoms with van der Waals surface area (Å²) in [5.41, 5.74) is 6.98. The lowest BCUT2D eigenvalue weighted by atomic mass is 10.2. The van der Waals surface area contributed by atoms with Crippen LogP contribution < -0.4 is 11.1 Å². The van der Waals surface area contributed by atoms with Gasteiger partial charge in [-0.1, -0.05) is 0 Å². The summed E-state index contributed by atoms with van der Waals surface area (Å²) in [6, 6.07) is 3.13. The van der Waals surface area contributed by atoms with E-state index in [0.29, 0.717) is 11.5 Å². The second-order valence-corrected chi connectivity index (χ2v) is 3.78. The molecule has 2 aromatic rings. The molecule has 0 aliphatic heterocycles. The van der Waals surface area contributed by atoms with Gasteiger partial charge >= 0.3 is 0 Å². The Morgan fingerprint density at radius 1 is 1.44 bits per heavy atom. The Bertz CT molecular complexity index is 598. The van der Waals surface area contributed by atoms with Crippen LogP contribution in [0.4, 0.5) is 11.5 Å². The number of aromatic nitrogens is 2. The molecule has 0 bridgehead atoms. The van der Waals surface area contributed by atoms with Crippen molar-refractivity contribution in [2.45, 2.75) is 6.92 Å². The van der Waals surface area contributed by atoms with Gasteiger partial charge < -0.3 is 16.2 Å². The Hall–Kier alpha value is -2.63. The van der Waals surface area contributed by atoms with Gasteiger partial charge in [-0.25, -0.2) is 4.98 Å². The molecule has 92 valence electrons. The fraction of sp³-hybridized carbons (Fsp3) is 0.0833. The van der Waals surface area contributed by atoms with E-state index in [1.807, 2.05) is 0 Å². The molecular formula is C12H12N4O2. The average molecular weight is 244 g/mol. The number of aryl methyl sites for hydroxylation is 1. The van der Waals surface area contributed by atoms with Gasteiger partial charge in [0.15, 0.2) is 0 Å². The minimum Gasteiger partial charge on any atom is -0.505 e. The second-order valence-electron chi connectivity index (χ2n) is 3.78. The molecule has 0 saturated heterocycles. The number of hydrogen-bond donors (Lipinski definition) is 3. The molecule has 2 heterocycles. The topological polar surface area (TPSA) is 101 Å². The quantitative estimate of drug-likeness (QED) is 0.739. The van der Waals surface area contributed by atoms with Crippen molar-refractivity contribution >= 4 is 17.4 Å². The third-order valence-corrected chi connectivity index (χ3v) is 2.38. The van der Waals surface area contributed by atoms with E-state index in [1.54, 1.807) is 13.0 Å². The van der Waals surface area contributed by atoms with Crippen LogP contribution in [-0.4, -0.2) is 21.0 Å².